The molecule has 0 aromatic carbocycles. The van der Waals surface area contributed by atoms with Crippen LogP contribution < -0.4 is 5.73 Å². The van der Waals surface area contributed by atoms with Crippen molar-refractivity contribution < 1.29 is 27.5 Å². The Bertz CT molecular complexity index is 2520. The summed E-state index contributed by atoms with van der Waals surface area (Å²) in [4.78, 5) is 69.7. The van der Waals surface area contributed by atoms with Crippen LogP contribution in [0.25, 0.3) is 0 Å². The Kier molecular flexibility index (Phi) is 44.4. The molecule has 13 heterocycles. The number of alkyl halides is 3. The first-order valence-electron chi connectivity index (χ1n) is 43.9. The molecular weight excluding hydrogens is 1410 g/mol. The fourth-order valence-electron chi connectivity index (χ4n) is 16.6. The lowest BCUT2D eigenvalue weighted by atomic mass is 9.91. The van der Waals surface area contributed by atoms with Crippen molar-refractivity contribution in [3.8, 4) is 0 Å². The molecule has 12 saturated heterocycles. The average molecular weight is 1570 g/mol. The Balaban J connectivity index is 0.000000196. The van der Waals surface area contributed by atoms with Gasteiger partial charge in [0, 0.05) is 200 Å². The number of carbonyl (C=O) groups is 2. The van der Waals surface area contributed by atoms with E-state index in [9.17, 15) is 22.8 Å². The fraction of sp³-hybridized carbons (Fsp3) is 0.918. The van der Waals surface area contributed by atoms with E-state index in [0.717, 1.165) is 141 Å². The molecule has 1 aliphatic carbocycles. The maximum Gasteiger partial charge on any atom is 0.401 e. The van der Waals surface area contributed by atoms with Crippen molar-refractivity contribution in [1.29, 1.82) is 0 Å². The highest BCUT2D eigenvalue weighted by Gasteiger charge is 2.40. The number of aromatic nitrogens is 1. The molecule has 2 N–H and O–H groups in total. The normalized spacial score (nSPS) is 24.9. The van der Waals surface area contributed by atoms with E-state index in [-0.39, 0.29) is 11.4 Å². The molecule has 13 fully saturated rings. The minimum Gasteiger partial charge on any atom is -0.379 e. The number of ether oxygens (including phenoxy) is 1. The number of pyridine rings is 1. The average Bonchev–Trinajstić information content (AvgIpc) is 1.62. The van der Waals surface area contributed by atoms with Crippen LogP contribution in [0.15, 0.2) is 24.5 Å². The summed E-state index contributed by atoms with van der Waals surface area (Å²) in [5.74, 6) is 2.02. The van der Waals surface area contributed by atoms with E-state index in [0.29, 0.717) is 19.0 Å². The van der Waals surface area contributed by atoms with Gasteiger partial charge in [0.2, 0.25) is 11.8 Å². The van der Waals surface area contributed by atoms with Crippen molar-refractivity contribution in [3.63, 3.8) is 0 Å². The number of hydrogen-bond acceptors (Lipinski definition) is 21. The number of rotatable bonds is 13. The number of amides is 2. The van der Waals surface area contributed by atoms with Crippen LogP contribution in [-0.2, 0) is 20.7 Å². The summed E-state index contributed by atoms with van der Waals surface area (Å²) in [6, 6.07) is 7.54. The topological polar surface area (TPSA) is 141 Å². The highest BCUT2D eigenvalue weighted by atomic mass is 19.4. The Morgan fingerprint density at radius 1 is 0.468 bits per heavy atom. The van der Waals surface area contributed by atoms with E-state index < -0.39 is 18.3 Å². The zero-order valence-electron chi connectivity index (χ0n) is 74.0. The molecule has 0 atom stereocenters. The van der Waals surface area contributed by atoms with Gasteiger partial charge in [-0.25, -0.2) is 0 Å². The van der Waals surface area contributed by atoms with Gasteiger partial charge in [-0.2, -0.15) is 13.2 Å². The van der Waals surface area contributed by atoms with E-state index in [4.69, 9.17) is 10.5 Å². The standard InChI is InChI=1S/C13H25N3O.C12H18N2.C10H20N2O.C9H19N3O.2C9H18N2.2C8H18N2.C7H13F3N2/c1-13(2,12(17)15-6-4-5-7-15)16-10-8-14(3)9-11-16;1-14-7-4-11(5-8-14)9-12-3-2-6-13-10-12;1-11-4-2-10(3-5-11)12-6-8-13-9-7-12;1-9(2,8(10)13)12-6-4-11(3)5-7-12;1-10-7-3-9(4-8-10)11-5-2-6-11;1-10-4-6-11(7-5-10)8-9-2-3-9;1-9(2)8-4-6-10(3)7-5-8;1-8(2)10-6-4-9(3)5-7-10;1-11-2-4-12(5-3-11)6-7(8,9)10/h4-11H2,1-3H3;2-3,6,10-11H,4-5,7-9H2,1H3;10H,2-9H2,1H3;4-7H2,1-3H3,(H2,10,13);2*9H,2-8H2,1H3;2*8H,4-7H2,1-3H3;2-6H2,1H3. The summed E-state index contributed by atoms with van der Waals surface area (Å²) in [6.07, 6.45) is 18.6. The zero-order valence-corrected chi connectivity index (χ0v) is 74.0. The van der Waals surface area contributed by atoms with Gasteiger partial charge in [0.1, 0.15) is 0 Å². The molecule has 111 heavy (non-hydrogen) atoms. The van der Waals surface area contributed by atoms with Gasteiger partial charge < -0.3 is 74.2 Å². The lowest BCUT2D eigenvalue weighted by Crippen LogP contribution is -2.60. The number of primary amides is 1. The summed E-state index contributed by atoms with van der Waals surface area (Å²) in [7, 11) is 23.8. The lowest BCUT2D eigenvalue weighted by molar-refractivity contribution is -0.149. The molecule has 0 bridgehead atoms. The summed E-state index contributed by atoms with van der Waals surface area (Å²) in [6.45, 7) is 52.7. The number of likely N-dealkylation sites (tertiary alicyclic amines) is 6. The summed E-state index contributed by atoms with van der Waals surface area (Å²) < 4.78 is 41.0. The van der Waals surface area contributed by atoms with Crippen molar-refractivity contribution in [2.24, 2.45) is 17.6 Å². The van der Waals surface area contributed by atoms with Crippen LogP contribution in [0.5, 0.6) is 0 Å². The smallest absolute Gasteiger partial charge is 0.379 e. The predicted molar refractivity (Wildman–Crippen MR) is 454 cm³/mol. The minimum atomic E-state index is -4.05. The first-order valence-corrected chi connectivity index (χ1v) is 43.9. The third kappa shape index (κ3) is 38.2. The Hall–Kier alpha value is -2.84. The van der Waals surface area contributed by atoms with Gasteiger partial charge in [0.15, 0.2) is 0 Å². The molecule has 23 nitrogen and oxygen atoms in total. The molecule has 0 spiro atoms. The second kappa shape index (κ2) is 50.8. The van der Waals surface area contributed by atoms with Gasteiger partial charge in [0.25, 0.3) is 0 Å². The number of piperazine rings is 5. The molecule has 14 rings (SSSR count). The summed E-state index contributed by atoms with van der Waals surface area (Å²) in [5, 5.41) is 0. The van der Waals surface area contributed by atoms with Crippen LogP contribution in [-0.4, -0.2) is 473 Å². The first kappa shape index (κ1) is 97.0. The van der Waals surface area contributed by atoms with Crippen LogP contribution in [0.3, 0.4) is 0 Å². The van der Waals surface area contributed by atoms with Crippen LogP contribution in [0, 0.1) is 11.8 Å². The van der Waals surface area contributed by atoms with E-state index in [1.807, 2.05) is 49.2 Å². The van der Waals surface area contributed by atoms with E-state index in [1.54, 1.807) is 0 Å². The minimum absolute atomic E-state index is 0.239. The van der Waals surface area contributed by atoms with Crippen molar-refractivity contribution in [2.75, 3.05) is 326 Å². The molecular formula is C85H167F3N20O3. The maximum atomic E-state index is 12.5. The number of piperidine rings is 4. The molecule has 0 unspecified atom stereocenters. The SMILES string of the molecule is CC(C)N1CCN(C)CC1.CN1CCC(Cc2cccnc2)CC1.CN1CCC(N(C)C)CC1.CN1CCC(N2CCC2)CC1.CN1CCC(N2CCOCC2)CC1.CN1CCN(C(C)(C)C(=O)N2CCCC2)CC1.CN1CCN(C(C)(C)C(N)=O)CC1.CN1CCN(CC(F)(F)F)CC1.CN1CCN(CC2CC2)CC1. The van der Waals surface area contributed by atoms with Crippen LogP contribution >= 0.6 is 0 Å². The van der Waals surface area contributed by atoms with Crippen LogP contribution in [0.1, 0.15) is 131 Å². The van der Waals surface area contributed by atoms with Crippen molar-refractivity contribution >= 4 is 11.8 Å². The Morgan fingerprint density at radius 3 is 1.23 bits per heavy atom. The number of nitrogens with two attached hydrogens (primary N) is 1. The number of hydrogen-bond donors (Lipinski definition) is 1. The quantitative estimate of drug-likeness (QED) is 0.246. The van der Waals surface area contributed by atoms with Crippen molar-refractivity contribution in [2.45, 2.75) is 173 Å². The van der Waals surface area contributed by atoms with Gasteiger partial charge in [0.05, 0.1) is 30.8 Å². The molecule has 0 radical (unpaired) electrons. The molecule has 2 amide bonds. The molecule has 12 aliphatic heterocycles. The fourth-order valence-corrected chi connectivity index (χ4v) is 16.6. The van der Waals surface area contributed by atoms with E-state index in [2.05, 4.69) is 183 Å². The lowest BCUT2D eigenvalue weighted by Gasteiger charge is -2.43. The number of halogens is 3. The van der Waals surface area contributed by atoms with Gasteiger partial charge in [-0.15, -0.1) is 0 Å². The molecule has 26 heteroatoms. The molecule has 646 valence electrons. The second-order valence-corrected chi connectivity index (χ2v) is 36.7. The first-order chi connectivity index (χ1) is 52.7. The van der Waals surface area contributed by atoms with Crippen molar-refractivity contribution in [1.82, 2.24) is 93.2 Å². The van der Waals surface area contributed by atoms with Gasteiger partial charge in [-0.05, 0) is 298 Å². The van der Waals surface area contributed by atoms with Gasteiger partial charge in [-0.3, -0.25) is 39.1 Å². The summed E-state index contributed by atoms with van der Waals surface area (Å²) in [5.41, 5.74) is 5.91. The molecule has 13 aliphatic rings. The van der Waals surface area contributed by atoms with Crippen LogP contribution in [0.2, 0.25) is 0 Å². The number of morpholine rings is 1. The summed E-state index contributed by atoms with van der Waals surface area (Å²) >= 11 is 0. The predicted octanol–water partition coefficient (Wildman–Crippen LogP) is 6.02. The van der Waals surface area contributed by atoms with Gasteiger partial charge in [-0.1, -0.05) is 6.07 Å². The highest BCUT2D eigenvalue weighted by molar-refractivity contribution is 5.85. The van der Waals surface area contributed by atoms with E-state index >= 15 is 0 Å². The van der Waals surface area contributed by atoms with Gasteiger partial charge >= 0.3 is 6.18 Å². The maximum absolute atomic E-state index is 12.5. The highest BCUT2D eigenvalue weighted by Crippen LogP contribution is 2.30. The monoisotopic (exact) mass is 1570 g/mol. The molecule has 1 aromatic rings. The third-order valence-electron chi connectivity index (χ3n) is 26.0. The molecule has 1 saturated carbocycles. The van der Waals surface area contributed by atoms with Crippen molar-refractivity contribution in [3.05, 3.63) is 30.1 Å². The number of nitrogens with zero attached hydrogens (tertiary/aromatic N) is 19. The van der Waals surface area contributed by atoms with E-state index in [1.165, 1.54) is 225 Å². The number of likely N-dealkylation sites (N-methyl/N-ethyl adjacent to an activating group) is 5. The molecule has 1 aromatic heterocycles. The van der Waals surface area contributed by atoms with Crippen LogP contribution in [0.4, 0.5) is 13.2 Å². The Labute approximate surface area is 676 Å². The second-order valence-electron chi connectivity index (χ2n) is 36.7. The third-order valence-corrected chi connectivity index (χ3v) is 26.0. The largest absolute Gasteiger partial charge is 0.401 e. The zero-order chi connectivity index (χ0) is 81.1. The number of carbonyl (C=O) groups excluding carboxylic acids is 2. The Morgan fingerprint density at radius 2 is 0.856 bits per heavy atom.